The van der Waals surface area contributed by atoms with Crippen LogP contribution in [0.1, 0.15) is 10.9 Å². The molecule has 1 heterocycles. The lowest BCUT2D eigenvalue weighted by Gasteiger charge is -2.25. The molecule has 0 radical (unpaired) electrons. The second-order valence-corrected chi connectivity index (χ2v) is 7.50. The number of halogens is 4. The highest BCUT2D eigenvalue weighted by atomic mass is 35.5. The maximum Gasteiger partial charge on any atom is 0.323 e. The molecule has 1 aliphatic rings. The molecule has 0 bridgehead atoms. The van der Waals surface area contributed by atoms with E-state index in [-0.39, 0.29) is 16.4 Å². The molecule has 2 amide bonds. The molecular formula is C16H12Cl3FN2OS. The highest BCUT2D eigenvalue weighted by Gasteiger charge is 2.32. The molecule has 2 aromatic carbocycles. The Bertz CT molecular complexity index is 790. The van der Waals surface area contributed by atoms with Crippen LogP contribution in [0.5, 0.6) is 0 Å². The number of urea groups is 1. The van der Waals surface area contributed by atoms with Gasteiger partial charge in [0.25, 0.3) is 0 Å². The molecule has 8 heteroatoms. The monoisotopic (exact) mass is 404 g/mol. The molecule has 1 saturated heterocycles. The predicted molar refractivity (Wildman–Crippen MR) is 98.8 cm³/mol. The summed E-state index contributed by atoms with van der Waals surface area (Å²) in [5, 5.41) is 3.36. The van der Waals surface area contributed by atoms with Gasteiger partial charge < -0.3 is 10.2 Å². The third kappa shape index (κ3) is 3.59. The fraction of sp³-hybridized carbons (Fsp3) is 0.188. The number of thioether (sulfide) groups is 1. The van der Waals surface area contributed by atoms with Gasteiger partial charge in [-0.15, -0.1) is 11.8 Å². The first kappa shape index (κ1) is 17.7. The molecule has 2 aromatic rings. The zero-order chi connectivity index (χ0) is 17.3. The van der Waals surface area contributed by atoms with E-state index in [1.54, 1.807) is 28.8 Å². The Hall–Kier alpha value is -1.14. The van der Waals surface area contributed by atoms with Crippen LogP contribution in [0.2, 0.25) is 15.1 Å². The Labute approximate surface area is 158 Å². The van der Waals surface area contributed by atoms with E-state index in [1.807, 2.05) is 6.07 Å². The van der Waals surface area contributed by atoms with Crippen LogP contribution < -0.4 is 5.32 Å². The normalized spacial score (nSPS) is 17.2. The molecule has 0 aromatic heterocycles. The van der Waals surface area contributed by atoms with Crippen molar-refractivity contribution in [3.05, 3.63) is 62.8 Å². The minimum Gasteiger partial charge on any atom is -0.308 e. The number of nitrogens with one attached hydrogen (secondary N) is 1. The van der Waals surface area contributed by atoms with Gasteiger partial charge in [-0.3, -0.25) is 0 Å². The van der Waals surface area contributed by atoms with Crippen LogP contribution in [0, 0.1) is 5.82 Å². The van der Waals surface area contributed by atoms with E-state index >= 15 is 0 Å². The summed E-state index contributed by atoms with van der Waals surface area (Å²) < 4.78 is 13.2. The minimum atomic E-state index is -0.532. The number of amides is 2. The van der Waals surface area contributed by atoms with Gasteiger partial charge in [-0.1, -0.05) is 46.9 Å². The van der Waals surface area contributed by atoms with E-state index in [9.17, 15) is 9.18 Å². The standard InChI is InChI=1S/C16H12Cl3FN2OS/c17-11-3-1-2-10(14(11)19)15-22(6-7-24-15)16(23)21-9-4-5-13(20)12(18)8-9/h1-5,8,15H,6-7H2,(H,21,23)/t15-/m0/s1. The number of nitrogens with zero attached hydrogens (tertiary/aromatic N) is 1. The van der Waals surface area contributed by atoms with Gasteiger partial charge in [0, 0.05) is 23.5 Å². The topological polar surface area (TPSA) is 32.3 Å². The van der Waals surface area contributed by atoms with E-state index in [4.69, 9.17) is 34.8 Å². The third-order valence-electron chi connectivity index (χ3n) is 3.57. The van der Waals surface area contributed by atoms with E-state index in [1.165, 1.54) is 18.2 Å². The Morgan fingerprint density at radius 2 is 2.00 bits per heavy atom. The fourth-order valence-corrected chi connectivity index (χ4v) is 4.35. The summed E-state index contributed by atoms with van der Waals surface area (Å²) in [6, 6.07) is 9.11. The maximum atomic E-state index is 13.2. The van der Waals surface area contributed by atoms with E-state index in [0.717, 1.165) is 11.3 Å². The second-order valence-electron chi connectivity index (χ2n) is 5.12. The van der Waals surface area contributed by atoms with Crippen molar-refractivity contribution in [2.24, 2.45) is 0 Å². The minimum absolute atomic E-state index is 0.0435. The van der Waals surface area contributed by atoms with Crippen LogP contribution in [-0.2, 0) is 0 Å². The molecule has 1 atom stereocenters. The molecule has 0 aliphatic carbocycles. The maximum absolute atomic E-state index is 13.2. The number of rotatable bonds is 2. The van der Waals surface area contributed by atoms with Gasteiger partial charge in [0.15, 0.2) is 0 Å². The lowest BCUT2D eigenvalue weighted by atomic mass is 10.2. The molecule has 1 fully saturated rings. The predicted octanol–water partition coefficient (Wildman–Crippen LogP) is 6.07. The zero-order valence-electron chi connectivity index (χ0n) is 12.2. The van der Waals surface area contributed by atoms with Crippen LogP contribution in [0.4, 0.5) is 14.9 Å². The summed E-state index contributed by atoms with van der Waals surface area (Å²) in [5.41, 5.74) is 1.22. The fourth-order valence-electron chi connectivity index (χ4n) is 2.42. The number of carbonyl (C=O) groups excluding carboxylic acids is 1. The van der Waals surface area contributed by atoms with Crippen LogP contribution >= 0.6 is 46.6 Å². The number of hydrogen-bond donors (Lipinski definition) is 1. The van der Waals surface area contributed by atoms with Gasteiger partial charge in [-0.25, -0.2) is 9.18 Å². The summed E-state index contributed by atoms with van der Waals surface area (Å²) in [4.78, 5) is 14.2. The molecule has 1 aliphatic heterocycles. The number of benzene rings is 2. The van der Waals surface area contributed by atoms with E-state index in [0.29, 0.717) is 22.3 Å². The van der Waals surface area contributed by atoms with Crippen molar-refractivity contribution >= 4 is 58.3 Å². The molecule has 0 spiro atoms. The molecular weight excluding hydrogens is 394 g/mol. The van der Waals surface area contributed by atoms with E-state index < -0.39 is 5.82 Å². The van der Waals surface area contributed by atoms with Crippen molar-refractivity contribution in [3.8, 4) is 0 Å². The van der Waals surface area contributed by atoms with Crippen molar-refractivity contribution in [2.45, 2.75) is 5.37 Å². The van der Waals surface area contributed by atoms with Crippen molar-refractivity contribution in [3.63, 3.8) is 0 Å². The van der Waals surface area contributed by atoms with Crippen LogP contribution in [0.15, 0.2) is 36.4 Å². The smallest absolute Gasteiger partial charge is 0.308 e. The lowest BCUT2D eigenvalue weighted by molar-refractivity contribution is 0.214. The Balaban J connectivity index is 1.81. The summed E-state index contributed by atoms with van der Waals surface area (Å²) in [7, 11) is 0. The van der Waals surface area contributed by atoms with E-state index in [2.05, 4.69) is 5.32 Å². The molecule has 1 N–H and O–H groups in total. The Morgan fingerprint density at radius 3 is 2.75 bits per heavy atom. The Kier molecular flexibility index (Phi) is 5.45. The highest BCUT2D eigenvalue weighted by molar-refractivity contribution is 7.99. The lowest BCUT2D eigenvalue weighted by Crippen LogP contribution is -2.34. The van der Waals surface area contributed by atoms with Gasteiger partial charge in [0.1, 0.15) is 11.2 Å². The van der Waals surface area contributed by atoms with Gasteiger partial charge >= 0.3 is 6.03 Å². The van der Waals surface area contributed by atoms with Gasteiger partial charge in [-0.05, 0) is 24.3 Å². The quantitative estimate of drug-likeness (QED) is 0.658. The molecule has 3 rings (SSSR count). The van der Waals surface area contributed by atoms with Crippen LogP contribution in [-0.4, -0.2) is 23.2 Å². The second kappa shape index (κ2) is 7.40. The molecule has 0 saturated carbocycles. The van der Waals surface area contributed by atoms with Crippen LogP contribution in [0.3, 0.4) is 0 Å². The van der Waals surface area contributed by atoms with Gasteiger partial charge in [0.05, 0.1) is 15.1 Å². The average molecular weight is 406 g/mol. The molecule has 3 nitrogen and oxygen atoms in total. The largest absolute Gasteiger partial charge is 0.323 e. The summed E-state index contributed by atoms with van der Waals surface area (Å²) >= 11 is 19.7. The molecule has 0 unspecified atom stereocenters. The molecule has 24 heavy (non-hydrogen) atoms. The third-order valence-corrected chi connectivity index (χ3v) is 5.94. The average Bonchev–Trinajstić information content (AvgIpc) is 3.03. The van der Waals surface area contributed by atoms with Gasteiger partial charge in [0.2, 0.25) is 0 Å². The summed E-state index contributed by atoms with van der Waals surface area (Å²) in [6.07, 6.45) is 0. The number of carbonyl (C=O) groups is 1. The van der Waals surface area contributed by atoms with Crippen LogP contribution in [0.25, 0.3) is 0 Å². The van der Waals surface area contributed by atoms with Crippen molar-refractivity contribution < 1.29 is 9.18 Å². The van der Waals surface area contributed by atoms with Crippen molar-refractivity contribution in [1.29, 1.82) is 0 Å². The summed E-state index contributed by atoms with van der Waals surface area (Å²) in [5.74, 6) is 0.250. The number of anilines is 1. The number of hydrogen-bond acceptors (Lipinski definition) is 2. The summed E-state index contributed by atoms with van der Waals surface area (Å²) in [6.45, 7) is 0.568. The SMILES string of the molecule is O=C(Nc1ccc(F)c(Cl)c1)N1CCS[C@H]1c1cccc(Cl)c1Cl. The van der Waals surface area contributed by atoms with Crippen molar-refractivity contribution in [1.82, 2.24) is 4.90 Å². The Morgan fingerprint density at radius 1 is 1.21 bits per heavy atom. The first-order chi connectivity index (χ1) is 11.5. The zero-order valence-corrected chi connectivity index (χ0v) is 15.3. The molecule has 126 valence electrons. The first-order valence-corrected chi connectivity index (χ1v) is 9.24. The first-order valence-electron chi connectivity index (χ1n) is 7.05. The van der Waals surface area contributed by atoms with Gasteiger partial charge in [-0.2, -0.15) is 0 Å². The highest BCUT2D eigenvalue weighted by Crippen LogP contribution is 2.42. The van der Waals surface area contributed by atoms with Crippen molar-refractivity contribution in [2.75, 3.05) is 17.6 Å².